The molecule has 104 valence electrons. The lowest BCUT2D eigenvalue weighted by molar-refractivity contribution is 0.357. The molecule has 0 bridgehead atoms. The van der Waals surface area contributed by atoms with Gasteiger partial charge in [0.05, 0.1) is 24.5 Å². The average Bonchev–Trinajstić information content (AvgIpc) is 2.93. The first-order valence-electron chi connectivity index (χ1n) is 6.88. The number of fused-ring (bicyclic) bond motifs is 1. The third-order valence-electron chi connectivity index (χ3n) is 3.50. The van der Waals surface area contributed by atoms with Crippen LogP contribution >= 0.6 is 0 Å². The summed E-state index contributed by atoms with van der Waals surface area (Å²) < 4.78 is 18.5. The summed E-state index contributed by atoms with van der Waals surface area (Å²) in [4.78, 5) is 4.20. The highest BCUT2D eigenvalue weighted by Crippen LogP contribution is 2.30. The number of nitrogens with one attached hydrogen (secondary N) is 1. The Morgan fingerprint density at radius 3 is 3.00 bits per heavy atom. The van der Waals surface area contributed by atoms with Gasteiger partial charge in [0.2, 0.25) is 0 Å². The van der Waals surface area contributed by atoms with Crippen LogP contribution in [0, 0.1) is 5.82 Å². The van der Waals surface area contributed by atoms with Crippen LogP contribution in [0.2, 0.25) is 0 Å². The van der Waals surface area contributed by atoms with Gasteiger partial charge in [-0.25, -0.2) is 4.39 Å². The van der Waals surface area contributed by atoms with E-state index >= 15 is 0 Å². The van der Waals surface area contributed by atoms with Crippen LogP contribution in [0.15, 0.2) is 36.5 Å². The first-order valence-corrected chi connectivity index (χ1v) is 6.88. The molecule has 1 N–H and O–H groups in total. The van der Waals surface area contributed by atoms with Crippen molar-refractivity contribution in [2.24, 2.45) is 0 Å². The van der Waals surface area contributed by atoms with E-state index in [4.69, 9.17) is 4.74 Å². The lowest BCUT2D eigenvalue weighted by Gasteiger charge is -2.18. The number of hydrogen-bond acceptors (Lipinski definition) is 3. The van der Waals surface area contributed by atoms with E-state index in [1.807, 2.05) is 19.1 Å². The molecule has 3 nitrogen and oxygen atoms in total. The standard InChI is InChI=1S/C16H17FN2O/c1-2-18-16(14-5-4-13(17)10-19-14)12-3-6-15-11(9-12)7-8-20-15/h3-6,9-10,16,18H,2,7-8H2,1H3. The van der Waals surface area contributed by atoms with E-state index in [9.17, 15) is 4.39 Å². The van der Waals surface area contributed by atoms with Gasteiger partial charge in [-0.3, -0.25) is 4.98 Å². The highest BCUT2D eigenvalue weighted by atomic mass is 19.1. The van der Waals surface area contributed by atoms with Crippen molar-refractivity contribution in [3.63, 3.8) is 0 Å². The minimum absolute atomic E-state index is 0.0218. The Hall–Kier alpha value is -1.94. The van der Waals surface area contributed by atoms with Crippen molar-refractivity contribution in [1.29, 1.82) is 0 Å². The van der Waals surface area contributed by atoms with Crippen molar-refractivity contribution >= 4 is 0 Å². The van der Waals surface area contributed by atoms with Crippen molar-refractivity contribution in [1.82, 2.24) is 10.3 Å². The third kappa shape index (κ3) is 2.51. The van der Waals surface area contributed by atoms with E-state index in [2.05, 4.69) is 16.4 Å². The first kappa shape index (κ1) is 13.1. The monoisotopic (exact) mass is 272 g/mol. The molecule has 0 radical (unpaired) electrons. The summed E-state index contributed by atoms with van der Waals surface area (Å²) in [7, 11) is 0. The molecule has 3 rings (SSSR count). The summed E-state index contributed by atoms with van der Waals surface area (Å²) in [6.45, 7) is 3.61. The molecule has 1 aliphatic heterocycles. The van der Waals surface area contributed by atoms with Gasteiger partial charge in [0.1, 0.15) is 11.6 Å². The Morgan fingerprint density at radius 2 is 2.25 bits per heavy atom. The maximum atomic E-state index is 13.0. The third-order valence-corrected chi connectivity index (χ3v) is 3.50. The maximum Gasteiger partial charge on any atom is 0.141 e. The van der Waals surface area contributed by atoms with Crippen LogP contribution in [-0.2, 0) is 6.42 Å². The Kier molecular flexibility index (Phi) is 3.65. The summed E-state index contributed by atoms with van der Waals surface area (Å²) in [5.41, 5.74) is 3.19. The van der Waals surface area contributed by atoms with Gasteiger partial charge in [-0.05, 0) is 35.9 Å². The Labute approximate surface area is 117 Å². The lowest BCUT2D eigenvalue weighted by atomic mass is 9.99. The van der Waals surface area contributed by atoms with E-state index in [1.54, 1.807) is 6.07 Å². The molecule has 0 aliphatic carbocycles. The van der Waals surface area contributed by atoms with Crippen molar-refractivity contribution in [3.8, 4) is 5.75 Å². The molecule has 0 saturated heterocycles. The number of halogens is 1. The Morgan fingerprint density at radius 1 is 1.35 bits per heavy atom. The van der Waals surface area contributed by atoms with Crippen LogP contribution in [0.4, 0.5) is 4.39 Å². The zero-order valence-corrected chi connectivity index (χ0v) is 11.4. The molecule has 0 spiro atoms. The molecule has 2 heterocycles. The number of rotatable bonds is 4. The van der Waals surface area contributed by atoms with E-state index in [0.717, 1.165) is 36.6 Å². The molecule has 0 fully saturated rings. The Bertz CT molecular complexity index is 598. The number of aromatic nitrogens is 1. The molecule has 20 heavy (non-hydrogen) atoms. The summed E-state index contributed by atoms with van der Waals surface area (Å²) in [6.07, 6.45) is 2.20. The number of nitrogens with zero attached hydrogens (tertiary/aromatic N) is 1. The van der Waals surface area contributed by atoms with Gasteiger partial charge >= 0.3 is 0 Å². The zero-order valence-electron chi connectivity index (χ0n) is 11.4. The molecule has 4 heteroatoms. The number of pyridine rings is 1. The van der Waals surface area contributed by atoms with Crippen LogP contribution in [0.3, 0.4) is 0 Å². The molecule has 0 saturated carbocycles. The molecule has 1 unspecified atom stereocenters. The molecule has 1 atom stereocenters. The van der Waals surface area contributed by atoms with Crippen LogP contribution < -0.4 is 10.1 Å². The number of hydrogen-bond donors (Lipinski definition) is 1. The van der Waals surface area contributed by atoms with E-state index in [0.29, 0.717) is 0 Å². The number of benzene rings is 1. The fourth-order valence-corrected chi connectivity index (χ4v) is 2.54. The predicted molar refractivity (Wildman–Crippen MR) is 75.4 cm³/mol. The van der Waals surface area contributed by atoms with Gasteiger partial charge in [0, 0.05) is 6.42 Å². The van der Waals surface area contributed by atoms with Crippen molar-refractivity contribution in [2.75, 3.05) is 13.2 Å². The van der Waals surface area contributed by atoms with Gasteiger partial charge in [-0.1, -0.05) is 19.1 Å². The molecule has 2 aromatic rings. The molecule has 1 aromatic heterocycles. The minimum Gasteiger partial charge on any atom is -0.493 e. The van der Waals surface area contributed by atoms with Crippen LogP contribution in [-0.4, -0.2) is 18.1 Å². The smallest absolute Gasteiger partial charge is 0.141 e. The van der Waals surface area contributed by atoms with Crippen molar-refractivity contribution in [3.05, 3.63) is 59.2 Å². The maximum absolute atomic E-state index is 13.0. The topological polar surface area (TPSA) is 34.1 Å². The van der Waals surface area contributed by atoms with Gasteiger partial charge in [-0.2, -0.15) is 0 Å². The van der Waals surface area contributed by atoms with Crippen molar-refractivity contribution < 1.29 is 9.13 Å². The second kappa shape index (κ2) is 5.59. The predicted octanol–water partition coefficient (Wildman–Crippen LogP) is 2.85. The molecule has 1 aliphatic rings. The minimum atomic E-state index is -0.314. The van der Waals surface area contributed by atoms with E-state index in [1.165, 1.54) is 17.8 Å². The SMILES string of the molecule is CCNC(c1ccc2c(c1)CCO2)c1ccc(F)cn1. The van der Waals surface area contributed by atoms with E-state index < -0.39 is 0 Å². The quantitative estimate of drug-likeness (QED) is 0.929. The highest BCUT2D eigenvalue weighted by Gasteiger charge is 2.18. The summed E-state index contributed by atoms with van der Waals surface area (Å²) >= 11 is 0. The number of ether oxygens (including phenoxy) is 1. The molecular formula is C16H17FN2O. The van der Waals surface area contributed by atoms with E-state index in [-0.39, 0.29) is 11.9 Å². The van der Waals surface area contributed by atoms with Crippen LogP contribution in [0.5, 0.6) is 5.75 Å². The second-order valence-electron chi connectivity index (χ2n) is 4.86. The summed E-state index contributed by atoms with van der Waals surface area (Å²) in [5, 5.41) is 3.40. The van der Waals surface area contributed by atoms with Crippen molar-refractivity contribution in [2.45, 2.75) is 19.4 Å². The largest absolute Gasteiger partial charge is 0.493 e. The van der Waals surface area contributed by atoms with Gasteiger partial charge in [-0.15, -0.1) is 0 Å². The molecule has 1 aromatic carbocycles. The van der Waals surface area contributed by atoms with Gasteiger partial charge in [0.25, 0.3) is 0 Å². The fourth-order valence-electron chi connectivity index (χ4n) is 2.54. The lowest BCUT2D eigenvalue weighted by Crippen LogP contribution is -2.23. The van der Waals surface area contributed by atoms with Crippen LogP contribution in [0.25, 0.3) is 0 Å². The average molecular weight is 272 g/mol. The van der Waals surface area contributed by atoms with Gasteiger partial charge < -0.3 is 10.1 Å². The Balaban J connectivity index is 1.95. The van der Waals surface area contributed by atoms with Gasteiger partial charge in [0.15, 0.2) is 0 Å². The normalized spacial score (nSPS) is 14.7. The molecular weight excluding hydrogens is 255 g/mol. The van der Waals surface area contributed by atoms with Crippen LogP contribution in [0.1, 0.15) is 29.8 Å². The molecule has 0 amide bonds. The second-order valence-corrected chi connectivity index (χ2v) is 4.86. The highest BCUT2D eigenvalue weighted by molar-refractivity contribution is 5.42. The zero-order chi connectivity index (χ0) is 13.9. The summed E-state index contributed by atoms with van der Waals surface area (Å²) in [6, 6.07) is 9.36. The summed E-state index contributed by atoms with van der Waals surface area (Å²) in [5.74, 6) is 0.655. The fraction of sp³-hybridized carbons (Fsp3) is 0.312. The first-order chi connectivity index (χ1) is 9.78.